The number of Topliss-reactive ketones (excluding diaryl/α,β-unsaturated/α-hetero) is 1. The fourth-order valence-corrected chi connectivity index (χ4v) is 3.51. The molecule has 0 spiro atoms. The zero-order valence-corrected chi connectivity index (χ0v) is 13.9. The van der Waals surface area contributed by atoms with Gasteiger partial charge in [-0.25, -0.2) is 0 Å². The van der Waals surface area contributed by atoms with Crippen molar-refractivity contribution in [3.8, 4) is 0 Å². The van der Waals surface area contributed by atoms with E-state index in [4.69, 9.17) is 16.3 Å². The molecule has 120 valence electrons. The topological polar surface area (TPSA) is 63.7 Å². The summed E-state index contributed by atoms with van der Waals surface area (Å²) in [5, 5.41) is 0. The van der Waals surface area contributed by atoms with E-state index in [9.17, 15) is 14.4 Å². The average Bonchev–Trinajstić information content (AvgIpc) is 2.98. The number of likely N-dealkylation sites (tertiary alicyclic amines) is 1. The molecular weight excluding hydrogens is 326 g/mol. The minimum Gasteiger partial charge on any atom is -0.469 e. The van der Waals surface area contributed by atoms with E-state index in [2.05, 4.69) is 0 Å². The highest BCUT2D eigenvalue weighted by Gasteiger charge is 2.27. The standard InChI is InChI=1S/C15H18ClNO4S/c1-21-15(20)10-6-8-17(9-7-10)14(19)5-2-11(18)12-3-4-13(16)22-12/h3-4,10H,2,5-9H2,1H3. The first kappa shape index (κ1) is 17.0. The van der Waals surface area contributed by atoms with Crippen LogP contribution in [-0.4, -0.2) is 42.8 Å². The Kier molecular flexibility index (Phi) is 5.97. The minimum atomic E-state index is -0.211. The molecule has 0 unspecified atom stereocenters. The molecule has 7 heteroatoms. The molecule has 1 aromatic heterocycles. The van der Waals surface area contributed by atoms with Gasteiger partial charge in [-0.15, -0.1) is 11.3 Å². The number of nitrogens with zero attached hydrogens (tertiary/aromatic N) is 1. The van der Waals surface area contributed by atoms with Gasteiger partial charge in [0.25, 0.3) is 0 Å². The normalized spacial score (nSPS) is 15.6. The Labute approximate surface area is 138 Å². The number of esters is 1. The van der Waals surface area contributed by atoms with E-state index in [-0.39, 0.29) is 36.4 Å². The van der Waals surface area contributed by atoms with Gasteiger partial charge in [-0.2, -0.15) is 0 Å². The predicted octanol–water partition coefficient (Wildman–Crippen LogP) is 2.78. The molecule has 1 saturated heterocycles. The van der Waals surface area contributed by atoms with Crippen LogP contribution in [0.1, 0.15) is 35.4 Å². The number of methoxy groups -OCH3 is 1. The molecular formula is C15H18ClNO4S. The van der Waals surface area contributed by atoms with Crippen molar-refractivity contribution in [2.45, 2.75) is 25.7 Å². The van der Waals surface area contributed by atoms with Crippen LogP contribution in [0.25, 0.3) is 0 Å². The number of hydrogen-bond acceptors (Lipinski definition) is 5. The first-order valence-electron chi connectivity index (χ1n) is 7.15. The second kappa shape index (κ2) is 7.74. The number of ether oxygens (including phenoxy) is 1. The maximum absolute atomic E-state index is 12.1. The molecule has 1 fully saturated rings. The van der Waals surface area contributed by atoms with Crippen LogP contribution in [0, 0.1) is 5.92 Å². The smallest absolute Gasteiger partial charge is 0.308 e. The maximum Gasteiger partial charge on any atom is 0.308 e. The van der Waals surface area contributed by atoms with Gasteiger partial charge < -0.3 is 9.64 Å². The molecule has 1 aliphatic heterocycles. The molecule has 5 nitrogen and oxygen atoms in total. The van der Waals surface area contributed by atoms with Crippen LogP contribution in [0.15, 0.2) is 12.1 Å². The Morgan fingerprint density at radius 1 is 1.27 bits per heavy atom. The Hall–Kier alpha value is -1.40. The summed E-state index contributed by atoms with van der Waals surface area (Å²) in [4.78, 5) is 37.8. The summed E-state index contributed by atoms with van der Waals surface area (Å²) in [6, 6.07) is 3.36. The molecule has 0 aliphatic carbocycles. The van der Waals surface area contributed by atoms with E-state index in [0.29, 0.717) is 35.1 Å². The van der Waals surface area contributed by atoms with Crippen molar-refractivity contribution < 1.29 is 19.1 Å². The van der Waals surface area contributed by atoms with Gasteiger partial charge in [-0.05, 0) is 25.0 Å². The molecule has 0 N–H and O–H groups in total. The van der Waals surface area contributed by atoms with Crippen LogP contribution in [0.4, 0.5) is 0 Å². The Morgan fingerprint density at radius 3 is 2.50 bits per heavy atom. The van der Waals surface area contributed by atoms with Crippen molar-refractivity contribution >= 4 is 40.6 Å². The van der Waals surface area contributed by atoms with Crippen molar-refractivity contribution in [2.24, 2.45) is 5.92 Å². The van der Waals surface area contributed by atoms with Crippen molar-refractivity contribution in [1.82, 2.24) is 4.90 Å². The lowest BCUT2D eigenvalue weighted by Crippen LogP contribution is -2.40. The van der Waals surface area contributed by atoms with Gasteiger partial charge in [-0.3, -0.25) is 14.4 Å². The van der Waals surface area contributed by atoms with Gasteiger partial charge in [0.05, 0.1) is 22.2 Å². The van der Waals surface area contributed by atoms with Gasteiger partial charge in [0.2, 0.25) is 5.91 Å². The number of ketones is 1. The Balaban J connectivity index is 1.76. The van der Waals surface area contributed by atoms with Crippen LogP contribution in [0.2, 0.25) is 4.34 Å². The number of rotatable bonds is 5. The molecule has 0 saturated carbocycles. The maximum atomic E-state index is 12.1. The molecule has 0 atom stereocenters. The highest BCUT2D eigenvalue weighted by molar-refractivity contribution is 7.18. The molecule has 1 aromatic rings. The van der Waals surface area contributed by atoms with E-state index >= 15 is 0 Å². The third kappa shape index (κ3) is 4.30. The quantitative estimate of drug-likeness (QED) is 0.609. The average molecular weight is 344 g/mol. The van der Waals surface area contributed by atoms with E-state index < -0.39 is 0 Å². The molecule has 2 rings (SSSR count). The predicted molar refractivity (Wildman–Crippen MR) is 84.2 cm³/mol. The van der Waals surface area contributed by atoms with Crippen LogP contribution < -0.4 is 0 Å². The second-order valence-electron chi connectivity index (χ2n) is 5.21. The fourth-order valence-electron chi connectivity index (χ4n) is 2.50. The van der Waals surface area contributed by atoms with Gasteiger partial charge in [0, 0.05) is 25.9 Å². The molecule has 1 aliphatic rings. The van der Waals surface area contributed by atoms with E-state index in [1.165, 1.54) is 18.4 Å². The fraction of sp³-hybridized carbons (Fsp3) is 0.533. The minimum absolute atomic E-state index is 0.0423. The third-order valence-electron chi connectivity index (χ3n) is 3.80. The van der Waals surface area contributed by atoms with Gasteiger partial charge in [0.15, 0.2) is 5.78 Å². The largest absolute Gasteiger partial charge is 0.469 e. The van der Waals surface area contributed by atoms with Gasteiger partial charge >= 0.3 is 5.97 Å². The number of thiophene rings is 1. The first-order chi connectivity index (χ1) is 10.5. The number of hydrogen-bond donors (Lipinski definition) is 0. The summed E-state index contributed by atoms with van der Waals surface area (Å²) in [6.07, 6.45) is 1.61. The van der Waals surface area contributed by atoms with E-state index in [1.807, 2.05) is 0 Å². The van der Waals surface area contributed by atoms with Crippen molar-refractivity contribution in [1.29, 1.82) is 0 Å². The SMILES string of the molecule is COC(=O)C1CCN(C(=O)CCC(=O)c2ccc(Cl)s2)CC1. The van der Waals surface area contributed by atoms with Gasteiger partial charge in [0.1, 0.15) is 0 Å². The Bertz CT molecular complexity index is 564. The first-order valence-corrected chi connectivity index (χ1v) is 8.35. The molecule has 2 heterocycles. The highest BCUT2D eigenvalue weighted by atomic mass is 35.5. The third-order valence-corrected chi connectivity index (χ3v) is 5.07. The monoisotopic (exact) mass is 343 g/mol. The van der Waals surface area contributed by atoms with E-state index in [0.717, 1.165) is 0 Å². The van der Waals surface area contributed by atoms with Crippen LogP contribution >= 0.6 is 22.9 Å². The molecule has 0 bridgehead atoms. The summed E-state index contributed by atoms with van der Waals surface area (Å²) in [5.74, 6) is -0.435. The second-order valence-corrected chi connectivity index (χ2v) is 6.92. The summed E-state index contributed by atoms with van der Waals surface area (Å²) >= 11 is 7.02. The molecule has 1 amide bonds. The molecule has 0 radical (unpaired) electrons. The Morgan fingerprint density at radius 2 is 1.95 bits per heavy atom. The van der Waals surface area contributed by atoms with Crippen LogP contribution in [0.3, 0.4) is 0 Å². The summed E-state index contributed by atoms with van der Waals surface area (Å²) < 4.78 is 5.29. The zero-order chi connectivity index (χ0) is 16.1. The summed E-state index contributed by atoms with van der Waals surface area (Å²) in [5.41, 5.74) is 0. The molecule has 22 heavy (non-hydrogen) atoms. The van der Waals surface area contributed by atoms with Crippen molar-refractivity contribution in [2.75, 3.05) is 20.2 Å². The summed E-state index contributed by atoms with van der Waals surface area (Å²) in [7, 11) is 1.38. The lowest BCUT2D eigenvalue weighted by Gasteiger charge is -2.30. The van der Waals surface area contributed by atoms with Crippen molar-refractivity contribution in [3.63, 3.8) is 0 Å². The van der Waals surface area contributed by atoms with E-state index in [1.54, 1.807) is 17.0 Å². The number of halogens is 1. The number of amides is 1. The number of carbonyl (C=O) groups is 3. The van der Waals surface area contributed by atoms with Crippen LogP contribution in [-0.2, 0) is 14.3 Å². The molecule has 0 aromatic carbocycles. The van der Waals surface area contributed by atoms with Crippen molar-refractivity contribution in [3.05, 3.63) is 21.3 Å². The summed E-state index contributed by atoms with van der Waals surface area (Å²) in [6.45, 7) is 1.08. The highest BCUT2D eigenvalue weighted by Crippen LogP contribution is 2.23. The van der Waals surface area contributed by atoms with Crippen LogP contribution in [0.5, 0.6) is 0 Å². The lowest BCUT2D eigenvalue weighted by atomic mass is 9.96. The van der Waals surface area contributed by atoms with Gasteiger partial charge in [-0.1, -0.05) is 11.6 Å². The number of carbonyl (C=O) groups excluding carboxylic acids is 3. The number of piperidine rings is 1. The lowest BCUT2D eigenvalue weighted by molar-refractivity contribution is -0.148. The zero-order valence-electron chi connectivity index (χ0n) is 12.3.